The maximum atomic E-state index is 3.80. The maximum absolute atomic E-state index is 3.80. The van der Waals surface area contributed by atoms with E-state index in [0.717, 1.165) is 18.1 Å². The summed E-state index contributed by atoms with van der Waals surface area (Å²) in [6.07, 6.45) is 6.81. The molecular formula is C18H27N3. The van der Waals surface area contributed by atoms with E-state index in [1.165, 1.54) is 64.0 Å². The van der Waals surface area contributed by atoms with E-state index in [9.17, 15) is 0 Å². The molecule has 1 aromatic rings. The van der Waals surface area contributed by atoms with Crippen molar-refractivity contribution in [2.45, 2.75) is 50.2 Å². The number of rotatable bonds is 2. The average molecular weight is 285 g/mol. The zero-order valence-corrected chi connectivity index (χ0v) is 12.9. The number of anilines is 1. The zero-order valence-electron chi connectivity index (χ0n) is 12.9. The van der Waals surface area contributed by atoms with Gasteiger partial charge in [0.2, 0.25) is 0 Å². The van der Waals surface area contributed by atoms with E-state index in [-0.39, 0.29) is 0 Å². The van der Waals surface area contributed by atoms with Crippen LogP contribution in [0.15, 0.2) is 30.3 Å². The molecular weight excluding hydrogens is 258 g/mol. The molecule has 3 heteroatoms. The van der Waals surface area contributed by atoms with Crippen molar-refractivity contribution in [1.82, 2.24) is 10.2 Å². The minimum absolute atomic E-state index is 0.768. The number of hydrogen-bond acceptors (Lipinski definition) is 3. The second kappa shape index (κ2) is 5.98. The van der Waals surface area contributed by atoms with Crippen LogP contribution < -0.4 is 10.2 Å². The minimum atomic E-state index is 0.768. The Kier molecular flexibility index (Phi) is 3.87. The number of nitrogens with zero attached hydrogens (tertiary/aromatic N) is 2. The highest BCUT2D eigenvalue weighted by atomic mass is 15.2. The zero-order chi connectivity index (χ0) is 14.1. The molecule has 3 fully saturated rings. The lowest BCUT2D eigenvalue weighted by Gasteiger charge is -2.40. The smallest absolute Gasteiger partial charge is 0.0366 e. The molecule has 0 radical (unpaired) electrons. The van der Waals surface area contributed by atoms with Gasteiger partial charge in [-0.3, -0.25) is 4.90 Å². The largest absolute Gasteiger partial charge is 0.371 e. The van der Waals surface area contributed by atoms with Crippen molar-refractivity contribution in [2.24, 2.45) is 0 Å². The van der Waals surface area contributed by atoms with Gasteiger partial charge in [0, 0.05) is 43.4 Å². The van der Waals surface area contributed by atoms with Crippen LogP contribution in [0.5, 0.6) is 0 Å². The van der Waals surface area contributed by atoms with Gasteiger partial charge in [-0.1, -0.05) is 18.2 Å². The lowest BCUT2D eigenvalue weighted by Crippen LogP contribution is -2.47. The molecule has 0 aromatic heterocycles. The lowest BCUT2D eigenvalue weighted by atomic mass is 9.99. The summed E-state index contributed by atoms with van der Waals surface area (Å²) in [4.78, 5) is 5.35. The van der Waals surface area contributed by atoms with Crippen molar-refractivity contribution in [3.63, 3.8) is 0 Å². The van der Waals surface area contributed by atoms with Crippen LogP contribution in [0.4, 0.5) is 5.69 Å². The molecule has 0 aliphatic carbocycles. The number of hydrogen-bond donors (Lipinski definition) is 1. The van der Waals surface area contributed by atoms with Crippen molar-refractivity contribution in [3.05, 3.63) is 30.3 Å². The highest BCUT2D eigenvalue weighted by Gasteiger charge is 2.33. The van der Waals surface area contributed by atoms with Crippen LogP contribution in [-0.4, -0.2) is 49.2 Å². The number of fused-ring (bicyclic) bond motifs is 2. The van der Waals surface area contributed by atoms with Crippen molar-refractivity contribution >= 4 is 5.69 Å². The molecule has 3 heterocycles. The SMILES string of the molecule is c1ccc(N2CCC(N3CCC4CCC(C3)N4)CC2)cc1. The fourth-order valence-electron chi connectivity index (χ4n) is 4.43. The van der Waals surface area contributed by atoms with Gasteiger partial charge in [0.25, 0.3) is 0 Å². The number of piperidine rings is 1. The second-order valence-electron chi connectivity index (χ2n) is 6.98. The Balaban J connectivity index is 1.35. The molecule has 2 bridgehead atoms. The summed E-state index contributed by atoms with van der Waals surface area (Å²) in [5, 5.41) is 3.80. The van der Waals surface area contributed by atoms with Crippen LogP contribution in [0.2, 0.25) is 0 Å². The standard InChI is InChI=1S/C18H27N3/c1-2-4-17(5-3-1)20-12-9-18(10-13-20)21-11-8-15-6-7-16(14-21)19-15/h1-5,15-16,18-19H,6-14H2. The second-order valence-corrected chi connectivity index (χ2v) is 6.98. The van der Waals surface area contributed by atoms with Crippen LogP contribution in [0.25, 0.3) is 0 Å². The van der Waals surface area contributed by atoms with Gasteiger partial charge >= 0.3 is 0 Å². The molecule has 1 aromatic carbocycles. The third-order valence-electron chi connectivity index (χ3n) is 5.66. The van der Waals surface area contributed by atoms with Crippen molar-refractivity contribution in [2.75, 3.05) is 31.1 Å². The van der Waals surface area contributed by atoms with Crippen molar-refractivity contribution < 1.29 is 0 Å². The predicted octanol–water partition coefficient (Wildman–Crippen LogP) is 2.48. The van der Waals surface area contributed by atoms with Gasteiger partial charge in [0.05, 0.1) is 0 Å². The van der Waals surface area contributed by atoms with Crippen LogP contribution in [-0.2, 0) is 0 Å². The van der Waals surface area contributed by atoms with Gasteiger partial charge in [0.1, 0.15) is 0 Å². The van der Waals surface area contributed by atoms with E-state index in [4.69, 9.17) is 0 Å². The van der Waals surface area contributed by atoms with Gasteiger partial charge in [-0.25, -0.2) is 0 Å². The number of likely N-dealkylation sites (tertiary alicyclic amines) is 1. The summed E-state index contributed by atoms with van der Waals surface area (Å²) >= 11 is 0. The molecule has 21 heavy (non-hydrogen) atoms. The molecule has 2 unspecified atom stereocenters. The molecule has 3 aliphatic heterocycles. The molecule has 114 valence electrons. The molecule has 3 nitrogen and oxygen atoms in total. The Bertz CT molecular complexity index is 453. The molecule has 2 atom stereocenters. The quantitative estimate of drug-likeness (QED) is 0.900. The Morgan fingerprint density at radius 1 is 0.810 bits per heavy atom. The molecule has 0 spiro atoms. The van der Waals surface area contributed by atoms with Crippen molar-refractivity contribution in [1.29, 1.82) is 0 Å². The summed E-state index contributed by atoms with van der Waals surface area (Å²) < 4.78 is 0. The molecule has 0 saturated carbocycles. The molecule has 4 rings (SSSR count). The first-order valence-electron chi connectivity index (χ1n) is 8.68. The van der Waals surface area contributed by atoms with Gasteiger partial charge < -0.3 is 10.2 Å². The topological polar surface area (TPSA) is 18.5 Å². The Labute approximate surface area is 128 Å². The Morgan fingerprint density at radius 3 is 2.38 bits per heavy atom. The van der Waals surface area contributed by atoms with E-state index in [1.54, 1.807) is 0 Å². The third kappa shape index (κ3) is 2.95. The first-order valence-corrected chi connectivity index (χ1v) is 8.68. The summed E-state index contributed by atoms with van der Waals surface area (Å²) in [7, 11) is 0. The summed E-state index contributed by atoms with van der Waals surface area (Å²) in [5.41, 5.74) is 1.40. The van der Waals surface area contributed by atoms with Crippen LogP contribution in [0.1, 0.15) is 32.1 Å². The predicted molar refractivity (Wildman–Crippen MR) is 87.8 cm³/mol. The van der Waals surface area contributed by atoms with E-state index in [0.29, 0.717) is 0 Å². The molecule has 3 aliphatic rings. The van der Waals surface area contributed by atoms with E-state index < -0.39 is 0 Å². The van der Waals surface area contributed by atoms with E-state index in [1.807, 2.05) is 0 Å². The van der Waals surface area contributed by atoms with Crippen LogP contribution >= 0.6 is 0 Å². The van der Waals surface area contributed by atoms with Gasteiger partial charge in [0.15, 0.2) is 0 Å². The fraction of sp³-hybridized carbons (Fsp3) is 0.667. The maximum Gasteiger partial charge on any atom is 0.0366 e. The van der Waals surface area contributed by atoms with Gasteiger partial charge in [-0.2, -0.15) is 0 Å². The number of benzene rings is 1. The van der Waals surface area contributed by atoms with Crippen LogP contribution in [0.3, 0.4) is 0 Å². The first kappa shape index (κ1) is 13.6. The highest BCUT2D eigenvalue weighted by molar-refractivity contribution is 5.46. The van der Waals surface area contributed by atoms with Gasteiger partial charge in [-0.05, 0) is 50.8 Å². The first-order chi connectivity index (χ1) is 10.4. The van der Waals surface area contributed by atoms with Gasteiger partial charge in [-0.15, -0.1) is 0 Å². The fourth-order valence-corrected chi connectivity index (χ4v) is 4.43. The Morgan fingerprint density at radius 2 is 1.57 bits per heavy atom. The third-order valence-corrected chi connectivity index (χ3v) is 5.66. The van der Waals surface area contributed by atoms with E-state index in [2.05, 4.69) is 45.4 Å². The molecule has 3 saturated heterocycles. The number of nitrogens with one attached hydrogen (secondary N) is 1. The van der Waals surface area contributed by atoms with Crippen molar-refractivity contribution in [3.8, 4) is 0 Å². The highest BCUT2D eigenvalue weighted by Crippen LogP contribution is 2.26. The van der Waals surface area contributed by atoms with Crippen LogP contribution in [0, 0.1) is 0 Å². The minimum Gasteiger partial charge on any atom is -0.371 e. The lowest BCUT2D eigenvalue weighted by molar-refractivity contribution is 0.161. The number of para-hydroxylation sites is 1. The van der Waals surface area contributed by atoms with E-state index >= 15 is 0 Å². The normalized spacial score (nSPS) is 31.3. The monoisotopic (exact) mass is 285 g/mol. The average Bonchev–Trinajstić information content (AvgIpc) is 2.88. The summed E-state index contributed by atoms with van der Waals surface area (Å²) in [6.45, 7) is 5.02. The summed E-state index contributed by atoms with van der Waals surface area (Å²) in [5.74, 6) is 0. The summed E-state index contributed by atoms with van der Waals surface area (Å²) in [6, 6.07) is 13.3. The molecule has 0 amide bonds. The Hall–Kier alpha value is -1.06. The molecule has 1 N–H and O–H groups in total.